The first-order chi connectivity index (χ1) is 8.29. The maximum atomic E-state index is 13.6. The summed E-state index contributed by atoms with van der Waals surface area (Å²) in [4.78, 5) is 2.08. The maximum Gasteiger partial charge on any atom is 0.148 e. The molecule has 0 amide bonds. The molecule has 96 valence electrons. The van der Waals surface area contributed by atoms with Crippen LogP contribution in [0.5, 0.6) is 0 Å². The van der Waals surface area contributed by atoms with Crippen LogP contribution in [0.4, 0.5) is 15.8 Å². The SMILES string of the molecule is CC.Nc1cccc(F)c1N1CCCCCC1. The Morgan fingerprint density at radius 3 is 2.18 bits per heavy atom. The third-order valence-corrected chi connectivity index (χ3v) is 2.94. The van der Waals surface area contributed by atoms with Crippen LogP contribution < -0.4 is 10.6 Å². The third kappa shape index (κ3) is 3.62. The minimum Gasteiger partial charge on any atom is -0.397 e. The smallest absolute Gasteiger partial charge is 0.148 e. The average molecular weight is 238 g/mol. The highest BCUT2D eigenvalue weighted by molar-refractivity contribution is 5.68. The zero-order chi connectivity index (χ0) is 12.7. The third-order valence-electron chi connectivity index (χ3n) is 2.94. The Balaban J connectivity index is 0.000000686. The lowest BCUT2D eigenvalue weighted by Gasteiger charge is -2.24. The molecular weight excluding hydrogens is 215 g/mol. The van der Waals surface area contributed by atoms with Crippen molar-refractivity contribution in [3.63, 3.8) is 0 Å². The van der Waals surface area contributed by atoms with Gasteiger partial charge in [-0.25, -0.2) is 4.39 Å². The van der Waals surface area contributed by atoms with Crippen molar-refractivity contribution in [3.8, 4) is 0 Å². The maximum absolute atomic E-state index is 13.6. The molecule has 0 aliphatic carbocycles. The molecule has 0 atom stereocenters. The van der Waals surface area contributed by atoms with Gasteiger partial charge in [-0.2, -0.15) is 0 Å². The van der Waals surface area contributed by atoms with Gasteiger partial charge in [-0.1, -0.05) is 32.8 Å². The van der Waals surface area contributed by atoms with Gasteiger partial charge in [-0.15, -0.1) is 0 Å². The summed E-state index contributed by atoms with van der Waals surface area (Å²) in [7, 11) is 0. The summed E-state index contributed by atoms with van der Waals surface area (Å²) < 4.78 is 13.6. The minimum atomic E-state index is -0.197. The Hall–Kier alpha value is -1.25. The molecule has 0 bridgehead atoms. The summed E-state index contributed by atoms with van der Waals surface area (Å²) in [5.74, 6) is -0.197. The standard InChI is InChI=1S/C12H17FN2.C2H6/c13-10-6-5-7-11(14)12(10)15-8-3-1-2-4-9-15;1-2/h5-7H,1-4,8-9,14H2;1-2H3. The molecule has 1 fully saturated rings. The van der Waals surface area contributed by atoms with Crippen molar-refractivity contribution in [2.75, 3.05) is 23.7 Å². The van der Waals surface area contributed by atoms with Gasteiger partial charge in [-0.3, -0.25) is 0 Å². The van der Waals surface area contributed by atoms with E-state index in [9.17, 15) is 4.39 Å². The Labute approximate surface area is 104 Å². The molecule has 3 heteroatoms. The molecule has 0 radical (unpaired) electrons. The second kappa shape index (κ2) is 7.15. The molecule has 0 saturated carbocycles. The van der Waals surface area contributed by atoms with Crippen LogP contribution >= 0.6 is 0 Å². The highest BCUT2D eigenvalue weighted by Gasteiger charge is 2.15. The minimum absolute atomic E-state index is 0.197. The van der Waals surface area contributed by atoms with Gasteiger partial charge < -0.3 is 10.6 Å². The molecule has 17 heavy (non-hydrogen) atoms. The molecule has 1 aromatic carbocycles. The van der Waals surface area contributed by atoms with Crippen LogP contribution in [-0.4, -0.2) is 13.1 Å². The quantitative estimate of drug-likeness (QED) is 0.754. The second-order valence-corrected chi connectivity index (χ2v) is 4.08. The number of hydrogen-bond acceptors (Lipinski definition) is 2. The zero-order valence-corrected chi connectivity index (χ0v) is 10.9. The Bertz CT molecular complexity index is 311. The molecular formula is C14H23FN2. The van der Waals surface area contributed by atoms with Crippen molar-refractivity contribution in [2.45, 2.75) is 39.5 Å². The molecule has 1 heterocycles. The molecule has 0 spiro atoms. The monoisotopic (exact) mass is 238 g/mol. The number of para-hydroxylation sites is 1. The van der Waals surface area contributed by atoms with Crippen LogP contribution in [0.2, 0.25) is 0 Å². The lowest BCUT2D eigenvalue weighted by Crippen LogP contribution is -2.25. The van der Waals surface area contributed by atoms with Crippen molar-refractivity contribution in [1.29, 1.82) is 0 Å². The predicted molar refractivity (Wildman–Crippen MR) is 72.8 cm³/mol. The number of nitrogens with two attached hydrogens (primary N) is 1. The number of anilines is 2. The van der Waals surface area contributed by atoms with Crippen molar-refractivity contribution in [2.24, 2.45) is 0 Å². The summed E-state index contributed by atoms with van der Waals surface area (Å²) in [6, 6.07) is 4.91. The first-order valence-corrected chi connectivity index (χ1v) is 6.58. The number of benzene rings is 1. The first kappa shape index (κ1) is 13.8. The van der Waals surface area contributed by atoms with Crippen LogP contribution in [0, 0.1) is 5.82 Å². The molecule has 1 aliphatic rings. The van der Waals surface area contributed by atoms with Crippen LogP contribution in [0.15, 0.2) is 18.2 Å². The largest absolute Gasteiger partial charge is 0.397 e. The van der Waals surface area contributed by atoms with E-state index in [1.807, 2.05) is 13.8 Å². The van der Waals surface area contributed by atoms with Gasteiger partial charge in [0, 0.05) is 13.1 Å². The molecule has 2 N–H and O–H groups in total. The number of nitrogen functional groups attached to an aromatic ring is 1. The zero-order valence-electron chi connectivity index (χ0n) is 10.9. The van der Waals surface area contributed by atoms with E-state index in [0.717, 1.165) is 25.9 Å². The number of nitrogens with zero attached hydrogens (tertiary/aromatic N) is 1. The Kier molecular flexibility index (Phi) is 5.81. The molecule has 1 aromatic rings. The van der Waals surface area contributed by atoms with Gasteiger partial charge in [-0.05, 0) is 25.0 Å². The van der Waals surface area contributed by atoms with Crippen molar-refractivity contribution >= 4 is 11.4 Å². The van der Waals surface area contributed by atoms with Crippen LogP contribution in [0.3, 0.4) is 0 Å². The van der Waals surface area contributed by atoms with Gasteiger partial charge >= 0.3 is 0 Å². The normalized spacial score (nSPS) is 15.8. The van der Waals surface area contributed by atoms with E-state index < -0.39 is 0 Å². The van der Waals surface area contributed by atoms with Gasteiger partial charge in [0.25, 0.3) is 0 Å². The van der Waals surface area contributed by atoms with E-state index in [1.165, 1.54) is 18.9 Å². The van der Waals surface area contributed by atoms with Crippen molar-refractivity contribution < 1.29 is 4.39 Å². The van der Waals surface area contributed by atoms with E-state index in [0.29, 0.717) is 11.4 Å². The van der Waals surface area contributed by atoms with E-state index in [-0.39, 0.29) is 5.82 Å². The fourth-order valence-corrected chi connectivity index (χ4v) is 2.16. The predicted octanol–water partition coefficient (Wildman–Crippen LogP) is 3.81. The molecule has 0 unspecified atom stereocenters. The average Bonchev–Trinajstić information content (AvgIpc) is 2.60. The van der Waals surface area contributed by atoms with Crippen LogP contribution in [0.1, 0.15) is 39.5 Å². The van der Waals surface area contributed by atoms with Crippen LogP contribution in [-0.2, 0) is 0 Å². The van der Waals surface area contributed by atoms with Crippen LogP contribution in [0.25, 0.3) is 0 Å². The molecule has 1 saturated heterocycles. The highest BCUT2D eigenvalue weighted by Crippen LogP contribution is 2.28. The van der Waals surface area contributed by atoms with Gasteiger partial charge in [0.05, 0.1) is 11.4 Å². The Morgan fingerprint density at radius 1 is 1.06 bits per heavy atom. The van der Waals surface area contributed by atoms with E-state index in [4.69, 9.17) is 5.73 Å². The molecule has 2 rings (SSSR count). The second-order valence-electron chi connectivity index (χ2n) is 4.08. The summed E-state index contributed by atoms with van der Waals surface area (Å²) in [5.41, 5.74) is 6.97. The highest BCUT2D eigenvalue weighted by atomic mass is 19.1. The number of rotatable bonds is 1. The van der Waals surface area contributed by atoms with Gasteiger partial charge in [0.1, 0.15) is 5.82 Å². The lowest BCUT2D eigenvalue weighted by atomic mass is 10.2. The fraction of sp³-hybridized carbons (Fsp3) is 0.571. The van der Waals surface area contributed by atoms with E-state index in [1.54, 1.807) is 12.1 Å². The summed E-state index contributed by atoms with van der Waals surface area (Å²) in [5, 5.41) is 0. The topological polar surface area (TPSA) is 29.3 Å². The van der Waals surface area contributed by atoms with Gasteiger partial charge in [0.15, 0.2) is 0 Å². The Morgan fingerprint density at radius 2 is 1.65 bits per heavy atom. The number of hydrogen-bond donors (Lipinski definition) is 1. The van der Waals surface area contributed by atoms with E-state index in [2.05, 4.69) is 4.90 Å². The molecule has 1 aliphatic heterocycles. The van der Waals surface area contributed by atoms with E-state index >= 15 is 0 Å². The summed E-state index contributed by atoms with van der Waals surface area (Å²) in [6.07, 6.45) is 4.75. The molecule has 0 aromatic heterocycles. The van der Waals surface area contributed by atoms with Crippen molar-refractivity contribution in [1.82, 2.24) is 0 Å². The fourth-order valence-electron chi connectivity index (χ4n) is 2.16. The summed E-state index contributed by atoms with van der Waals surface area (Å²) in [6.45, 7) is 5.84. The van der Waals surface area contributed by atoms with Gasteiger partial charge in [0.2, 0.25) is 0 Å². The number of halogens is 1. The lowest BCUT2D eigenvalue weighted by molar-refractivity contribution is 0.617. The first-order valence-electron chi connectivity index (χ1n) is 6.58. The van der Waals surface area contributed by atoms with Crippen molar-refractivity contribution in [3.05, 3.63) is 24.0 Å². The molecule has 2 nitrogen and oxygen atoms in total. The summed E-state index contributed by atoms with van der Waals surface area (Å²) >= 11 is 0.